The van der Waals surface area contributed by atoms with Crippen molar-refractivity contribution < 1.29 is 42.9 Å². The second-order valence-corrected chi connectivity index (χ2v) is 22.0. The maximum absolute atomic E-state index is 12.9. The Hall–Kier alpha value is -3.01. The van der Waals surface area contributed by atoms with Crippen LogP contribution in [-0.4, -0.2) is 82.3 Å². The van der Waals surface area contributed by atoms with E-state index < -0.39 is 24.3 Å². The van der Waals surface area contributed by atoms with E-state index in [1.54, 1.807) is 0 Å². The number of aliphatic carboxylic acids is 1. The predicted octanol–water partition coefficient (Wildman–Crippen LogP) is 17.1. The molecule has 0 spiro atoms. The first-order chi connectivity index (χ1) is 36.1. The Bertz CT molecular complexity index is 1400. The van der Waals surface area contributed by atoms with E-state index in [1.165, 1.54) is 161 Å². The number of carbonyl (C=O) groups is 3. The maximum atomic E-state index is 12.9. The Morgan fingerprint density at radius 2 is 0.770 bits per heavy atom. The van der Waals surface area contributed by atoms with Crippen LogP contribution >= 0.6 is 0 Å². The number of hydrogen-bond donors (Lipinski definition) is 0. The molecule has 0 heterocycles. The minimum Gasteiger partial charge on any atom is -0.545 e. The van der Waals surface area contributed by atoms with Crippen molar-refractivity contribution in [2.45, 2.75) is 289 Å². The van der Waals surface area contributed by atoms with E-state index in [0.717, 1.165) is 83.5 Å². The van der Waals surface area contributed by atoms with Crippen LogP contribution in [0.5, 0.6) is 0 Å². The van der Waals surface area contributed by atoms with Crippen LogP contribution in [0.1, 0.15) is 277 Å². The average molecular weight is 1040 g/mol. The molecule has 0 radical (unpaired) electrons. The highest BCUT2D eigenvalue weighted by Gasteiger charge is 2.22. The number of quaternary nitrogens is 1. The number of ether oxygens (including phenoxy) is 4. The molecule has 0 fully saturated rings. The summed E-state index contributed by atoms with van der Waals surface area (Å²) >= 11 is 0. The first-order valence-electron chi connectivity index (χ1n) is 30.9. The highest BCUT2D eigenvalue weighted by molar-refractivity contribution is 5.70. The summed E-state index contributed by atoms with van der Waals surface area (Å²) in [6, 6.07) is 0. The largest absolute Gasteiger partial charge is 0.545 e. The summed E-state index contributed by atoms with van der Waals surface area (Å²) in [6.45, 7) is 4.64. The van der Waals surface area contributed by atoms with Crippen molar-refractivity contribution in [1.29, 1.82) is 0 Å². The molecule has 0 aromatic heterocycles. The third-order valence-corrected chi connectivity index (χ3v) is 13.5. The third kappa shape index (κ3) is 56.7. The topological polar surface area (TPSA) is 111 Å². The molecule has 74 heavy (non-hydrogen) atoms. The molecule has 0 amide bonds. The second kappa shape index (κ2) is 56.2. The number of carbonyl (C=O) groups excluding carboxylic acids is 3. The smallest absolute Gasteiger partial charge is 0.306 e. The summed E-state index contributed by atoms with van der Waals surface area (Å²) in [6.07, 6.45) is 68.6. The van der Waals surface area contributed by atoms with Gasteiger partial charge in [0, 0.05) is 12.8 Å². The van der Waals surface area contributed by atoms with Gasteiger partial charge in [-0.3, -0.25) is 9.59 Å². The maximum Gasteiger partial charge on any atom is 0.306 e. The fourth-order valence-corrected chi connectivity index (χ4v) is 8.80. The van der Waals surface area contributed by atoms with Crippen molar-refractivity contribution in [3.05, 3.63) is 60.8 Å². The summed E-state index contributed by atoms with van der Waals surface area (Å²) in [4.78, 5) is 37.3. The molecule has 9 heteroatoms. The summed E-state index contributed by atoms with van der Waals surface area (Å²) < 4.78 is 22.7. The molecule has 9 nitrogen and oxygen atoms in total. The van der Waals surface area contributed by atoms with Crippen molar-refractivity contribution >= 4 is 17.9 Å². The Kier molecular flexibility index (Phi) is 53.9. The van der Waals surface area contributed by atoms with Crippen LogP contribution in [0.2, 0.25) is 0 Å². The molecule has 0 bridgehead atoms. The highest BCUT2D eigenvalue weighted by Crippen LogP contribution is 2.17. The molecule has 0 aliphatic rings. The summed E-state index contributed by atoms with van der Waals surface area (Å²) in [5, 5.41) is 11.8. The molecule has 2 unspecified atom stereocenters. The molecule has 0 aromatic rings. The second-order valence-electron chi connectivity index (χ2n) is 22.0. The number of carboxylic acid groups (broad SMARTS) is 1. The fourth-order valence-electron chi connectivity index (χ4n) is 8.80. The van der Waals surface area contributed by atoms with Gasteiger partial charge in [0.2, 0.25) is 0 Å². The van der Waals surface area contributed by atoms with E-state index in [9.17, 15) is 19.5 Å². The van der Waals surface area contributed by atoms with Crippen LogP contribution in [0.25, 0.3) is 0 Å². The van der Waals surface area contributed by atoms with Gasteiger partial charge < -0.3 is 33.3 Å². The number of rotatable bonds is 57. The molecule has 0 aliphatic carbocycles. The SMILES string of the molecule is CC/C=C\C/C=C\C/C=C\C/C=C\C/C=C\CCCCCCCC(=O)OC(COC(=O)CCCCCCCCCCCCCCCCCCCCCCCCCCCCCC)COC(OCC[N+](C)(C)C)C(=O)[O-]. The standard InChI is InChI=1S/C65H117NO8/c1-6-8-10-12-14-16-18-20-22-24-26-28-29-30-31-32-33-34-36-37-39-41-43-45-47-49-51-53-55-62(67)72-59-61(60-73-65(64(69)70)71-58-57-66(3,4)5)74-63(68)56-54-52-50-48-46-44-42-40-38-35-27-25-23-21-19-17-15-13-11-9-7-2/h9,11,15,17,21,23,27,35,40,42,61,65H,6-8,10,12-14,16,18-20,22,24-26,28-34,36-39,41,43-60H2,1-5H3/b11-9-,17-15-,23-21-,35-27-,42-40-. The molecule has 0 saturated heterocycles. The molecule has 430 valence electrons. The van der Waals surface area contributed by atoms with E-state index in [-0.39, 0.29) is 38.6 Å². The van der Waals surface area contributed by atoms with Crippen molar-refractivity contribution in [2.24, 2.45) is 0 Å². The molecule has 0 rings (SSSR count). The minimum atomic E-state index is -1.63. The van der Waals surface area contributed by atoms with Crippen molar-refractivity contribution in [1.82, 2.24) is 0 Å². The Labute approximate surface area is 456 Å². The van der Waals surface area contributed by atoms with Gasteiger partial charge in [0.05, 0.1) is 40.3 Å². The Morgan fingerprint density at radius 3 is 1.15 bits per heavy atom. The van der Waals surface area contributed by atoms with Gasteiger partial charge in [-0.15, -0.1) is 0 Å². The molecular formula is C65H117NO8. The molecule has 0 aromatic carbocycles. The normalized spacial score (nSPS) is 13.1. The van der Waals surface area contributed by atoms with E-state index in [4.69, 9.17) is 18.9 Å². The zero-order valence-electron chi connectivity index (χ0n) is 49.0. The molecule has 0 saturated carbocycles. The Morgan fingerprint density at radius 1 is 0.419 bits per heavy atom. The predicted molar refractivity (Wildman–Crippen MR) is 311 cm³/mol. The molecular weight excluding hydrogens is 923 g/mol. The average Bonchev–Trinajstić information content (AvgIpc) is 3.37. The van der Waals surface area contributed by atoms with Crippen LogP contribution in [0.4, 0.5) is 0 Å². The third-order valence-electron chi connectivity index (χ3n) is 13.5. The van der Waals surface area contributed by atoms with Gasteiger partial charge in [0.15, 0.2) is 12.4 Å². The van der Waals surface area contributed by atoms with E-state index in [0.29, 0.717) is 17.4 Å². The number of unbranched alkanes of at least 4 members (excludes halogenated alkanes) is 32. The van der Waals surface area contributed by atoms with Gasteiger partial charge in [-0.2, -0.15) is 0 Å². The van der Waals surface area contributed by atoms with E-state index in [2.05, 4.69) is 74.6 Å². The number of hydrogen-bond acceptors (Lipinski definition) is 8. The molecule has 0 N–H and O–H groups in total. The van der Waals surface area contributed by atoms with Gasteiger partial charge in [-0.1, -0.05) is 267 Å². The van der Waals surface area contributed by atoms with Crippen LogP contribution in [0.15, 0.2) is 60.8 Å². The van der Waals surface area contributed by atoms with Crippen LogP contribution in [-0.2, 0) is 33.3 Å². The number of nitrogens with zero attached hydrogens (tertiary/aromatic N) is 1. The van der Waals surface area contributed by atoms with Gasteiger partial charge in [0.25, 0.3) is 0 Å². The van der Waals surface area contributed by atoms with Gasteiger partial charge in [-0.25, -0.2) is 0 Å². The fraction of sp³-hybridized carbons (Fsp3) is 0.800. The lowest BCUT2D eigenvalue weighted by molar-refractivity contribution is -0.870. The van der Waals surface area contributed by atoms with E-state index in [1.807, 2.05) is 21.1 Å². The molecule has 0 aliphatic heterocycles. The quantitative estimate of drug-likeness (QED) is 0.0195. The van der Waals surface area contributed by atoms with Gasteiger partial charge in [-0.05, 0) is 57.8 Å². The van der Waals surface area contributed by atoms with Gasteiger partial charge >= 0.3 is 11.9 Å². The van der Waals surface area contributed by atoms with Crippen LogP contribution in [0.3, 0.4) is 0 Å². The monoisotopic (exact) mass is 1040 g/mol. The lowest BCUT2D eigenvalue weighted by atomic mass is 10.0. The van der Waals surface area contributed by atoms with Crippen molar-refractivity contribution in [3.8, 4) is 0 Å². The number of allylic oxidation sites excluding steroid dienone is 10. The first-order valence-corrected chi connectivity index (χ1v) is 30.9. The van der Waals surface area contributed by atoms with Crippen LogP contribution < -0.4 is 5.11 Å². The lowest BCUT2D eigenvalue weighted by Gasteiger charge is -2.26. The zero-order chi connectivity index (χ0) is 54.1. The van der Waals surface area contributed by atoms with Gasteiger partial charge in [0.1, 0.15) is 13.2 Å². The number of esters is 2. The summed E-state index contributed by atoms with van der Waals surface area (Å²) in [5.41, 5.74) is 0. The number of carboxylic acids is 1. The summed E-state index contributed by atoms with van der Waals surface area (Å²) in [5.74, 6) is -2.30. The summed E-state index contributed by atoms with van der Waals surface area (Å²) in [7, 11) is 5.92. The highest BCUT2D eigenvalue weighted by atomic mass is 16.7. The van der Waals surface area contributed by atoms with Crippen molar-refractivity contribution in [3.63, 3.8) is 0 Å². The first kappa shape index (κ1) is 71.0. The lowest BCUT2D eigenvalue weighted by Crippen LogP contribution is -2.44. The molecule has 2 atom stereocenters. The zero-order valence-corrected chi connectivity index (χ0v) is 49.0. The minimum absolute atomic E-state index is 0.142. The number of likely N-dealkylation sites (N-methyl/N-ethyl adjacent to an activating group) is 1. The van der Waals surface area contributed by atoms with Crippen molar-refractivity contribution in [2.75, 3.05) is 47.5 Å². The Balaban J connectivity index is 4.18. The van der Waals surface area contributed by atoms with Crippen LogP contribution in [0, 0.1) is 0 Å². The van der Waals surface area contributed by atoms with E-state index >= 15 is 0 Å².